The first-order chi connectivity index (χ1) is 8.90. The fourth-order valence-corrected chi connectivity index (χ4v) is 3.24. The van der Waals surface area contributed by atoms with E-state index in [1.165, 1.54) is 5.56 Å². The van der Waals surface area contributed by atoms with Crippen LogP contribution in [0.25, 0.3) is 0 Å². The molecule has 0 aromatic heterocycles. The van der Waals surface area contributed by atoms with Gasteiger partial charge in [-0.3, -0.25) is 0 Å². The Hall–Kier alpha value is -0.680. The largest absolute Gasteiger partial charge is 0.398 e. The lowest BCUT2D eigenvalue weighted by Crippen LogP contribution is -2.46. The minimum atomic E-state index is -4.11. The summed E-state index contributed by atoms with van der Waals surface area (Å²) in [6.07, 6.45) is -3.00. The van der Waals surface area contributed by atoms with Gasteiger partial charge in [0.05, 0.1) is 5.75 Å². The molecule has 0 spiro atoms. The van der Waals surface area contributed by atoms with Crippen LogP contribution >= 0.6 is 11.8 Å². The molecule has 1 nitrogen and oxygen atoms in total. The summed E-state index contributed by atoms with van der Waals surface area (Å²) in [5.74, 6) is 0.284. The summed E-state index contributed by atoms with van der Waals surface area (Å²) in [4.78, 5) is 0.679. The number of rotatable bonds is 4. The van der Waals surface area contributed by atoms with E-state index in [9.17, 15) is 13.2 Å². The molecular formula is C14H18F3NS. The van der Waals surface area contributed by atoms with Gasteiger partial charge in [0, 0.05) is 10.9 Å². The Kier molecular flexibility index (Phi) is 4.46. The smallest absolute Gasteiger partial charge is 0.317 e. The summed E-state index contributed by atoms with van der Waals surface area (Å²) in [5.41, 5.74) is 1.23. The molecule has 106 valence electrons. The minimum absolute atomic E-state index is 0.527. The molecule has 3 unspecified atom stereocenters. The molecule has 1 N–H and O–H groups in total. The lowest BCUT2D eigenvalue weighted by Gasteiger charge is -2.43. The normalized spacial score (nSPS) is 27.1. The maximum absolute atomic E-state index is 12.1. The second kappa shape index (κ2) is 5.75. The topological polar surface area (TPSA) is 12.0 Å². The Morgan fingerprint density at radius 2 is 1.89 bits per heavy atom. The molecule has 0 bridgehead atoms. The van der Waals surface area contributed by atoms with Crippen LogP contribution < -0.4 is 5.32 Å². The Morgan fingerprint density at radius 1 is 1.26 bits per heavy atom. The van der Waals surface area contributed by atoms with Gasteiger partial charge in [-0.25, -0.2) is 0 Å². The van der Waals surface area contributed by atoms with Crippen LogP contribution in [0.15, 0.2) is 29.2 Å². The summed E-state index contributed by atoms with van der Waals surface area (Å²) >= 11 is 0.842. The van der Waals surface area contributed by atoms with Gasteiger partial charge in [0.2, 0.25) is 0 Å². The van der Waals surface area contributed by atoms with Gasteiger partial charge in [-0.1, -0.05) is 19.1 Å². The third kappa shape index (κ3) is 3.66. The molecule has 1 fully saturated rings. The first kappa shape index (κ1) is 14.7. The van der Waals surface area contributed by atoms with Crippen molar-refractivity contribution in [1.29, 1.82) is 0 Å². The van der Waals surface area contributed by atoms with Gasteiger partial charge in [-0.05, 0) is 43.0 Å². The first-order valence-corrected chi connectivity index (χ1v) is 7.36. The number of alkyl halides is 3. The van der Waals surface area contributed by atoms with Crippen LogP contribution in [0.1, 0.15) is 24.8 Å². The predicted octanol–water partition coefficient (Wildman–Crippen LogP) is 4.05. The molecule has 5 heteroatoms. The molecule has 0 saturated heterocycles. The number of hydrogen-bond acceptors (Lipinski definition) is 2. The number of hydrogen-bond donors (Lipinski definition) is 1. The van der Waals surface area contributed by atoms with E-state index in [2.05, 4.69) is 12.2 Å². The van der Waals surface area contributed by atoms with Crippen LogP contribution in [-0.4, -0.2) is 25.0 Å². The van der Waals surface area contributed by atoms with Gasteiger partial charge in [0.25, 0.3) is 0 Å². The van der Waals surface area contributed by atoms with Crippen molar-refractivity contribution in [3.63, 3.8) is 0 Å². The average Bonchev–Trinajstić information content (AvgIpc) is 2.36. The molecule has 2 rings (SSSR count). The van der Waals surface area contributed by atoms with Crippen molar-refractivity contribution in [3.05, 3.63) is 29.8 Å². The Morgan fingerprint density at radius 3 is 2.37 bits per heavy atom. The van der Waals surface area contributed by atoms with Crippen molar-refractivity contribution >= 4 is 11.8 Å². The van der Waals surface area contributed by atoms with Gasteiger partial charge >= 0.3 is 6.18 Å². The van der Waals surface area contributed by atoms with E-state index in [1.807, 2.05) is 19.2 Å². The third-order valence-electron chi connectivity index (χ3n) is 3.86. The van der Waals surface area contributed by atoms with Crippen molar-refractivity contribution < 1.29 is 13.2 Å². The number of benzene rings is 1. The zero-order chi connectivity index (χ0) is 14.0. The van der Waals surface area contributed by atoms with Gasteiger partial charge in [-0.15, -0.1) is 11.8 Å². The fraction of sp³-hybridized carbons (Fsp3) is 0.571. The predicted molar refractivity (Wildman–Crippen MR) is 72.6 cm³/mol. The SMILES string of the molecule is CNC1CC(c2ccc(SCC(F)(F)F)cc2)C1C. The van der Waals surface area contributed by atoms with E-state index in [1.54, 1.807) is 12.1 Å². The number of nitrogens with one attached hydrogen (secondary N) is 1. The maximum atomic E-state index is 12.1. The number of thioether (sulfide) groups is 1. The molecule has 3 atom stereocenters. The molecule has 1 aromatic rings. The van der Waals surface area contributed by atoms with Gasteiger partial charge in [0.15, 0.2) is 0 Å². The third-order valence-corrected chi connectivity index (χ3v) is 4.94. The van der Waals surface area contributed by atoms with Crippen molar-refractivity contribution in [2.45, 2.75) is 36.4 Å². The summed E-state index contributed by atoms with van der Waals surface area (Å²) in [6, 6.07) is 8.08. The molecule has 1 aliphatic rings. The van der Waals surface area contributed by atoms with Crippen molar-refractivity contribution in [1.82, 2.24) is 5.32 Å². The van der Waals surface area contributed by atoms with Gasteiger partial charge < -0.3 is 5.32 Å². The molecule has 19 heavy (non-hydrogen) atoms. The molecule has 1 saturated carbocycles. The second-order valence-electron chi connectivity index (χ2n) is 5.07. The summed E-state index contributed by atoms with van der Waals surface area (Å²) in [7, 11) is 1.97. The lowest BCUT2D eigenvalue weighted by molar-refractivity contribution is -0.105. The zero-order valence-electron chi connectivity index (χ0n) is 11.0. The highest BCUT2D eigenvalue weighted by atomic mass is 32.2. The van der Waals surface area contributed by atoms with Crippen LogP contribution in [0.5, 0.6) is 0 Å². The van der Waals surface area contributed by atoms with E-state index >= 15 is 0 Å². The average molecular weight is 289 g/mol. The molecular weight excluding hydrogens is 271 g/mol. The van der Waals surface area contributed by atoms with Crippen LogP contribution in [0.4, 0.5) is 13.2 Å². The molecule has 1 aromatic carbocycles. The molecule has 0 aliphatic heterocycles. The standard InChI is InChI=1S/C14H18F3NS/c1-9-12(7-13(9)18-2)10-3-5-11(6-4-10)19-8-14(15,16)17/h3-6,9,12-13,18H,7-8H2,1-2H3. The summed E-state index contributed by atoms with van der Waals surface area (Å²) < 4.78 is 36.4. The summed E-state index contributed by atoms with van der Waals surface area (Å²) in [6.45, 7) is 2.21. The van der Waals surface area contributed by atoms with Crippen LogP contribution in [0.2, 0.25) is 0 Å². The Labute approximate surface area is 116 Å². The van der Waals surface area contributed by atoms with Crippen LogP contribution in [0, 0.1) is 5.92 Å². The second-order valence-corrected chi connectivity index (χ2v) is 6.12. The minimum Gasteiger partial charge on any atom is -0.317 e. The zero-order valence-corrected chi connectivity index (χ0v) is 11.8. The van der Waals surface area contributed by atoms with E-state index in [-0.39, 0.29) is 0 Å². The van der Waals surface area contributed by atoms with E-state index in [0.29, 0.717) is 22.8 Å². The monoisotopic (exact) mass is 289 g/mol. The first-order valence-electron chi connectivity index (χ1n) is 6.37. The molecule has 1 aliphatic carbocycles. The quantitative estimate of drug-likeness (QED) is 0.839. The van der Waals surface area contributed by atoms with Crippen molar-refractivity contribution in [2.75, 3.05) is 12.8 Å². The van der Waals surface area contributed by atoms with Crippen molar-refractivity contribution in [2.24, 2.45) is 5.92 Å². The Balaban J connectivity index is 1.92. The molecule has 0 radical (unpaired) electrons. The lowest BCUT2D eigenvalue weighted by atomic mass is 9.67. The molecule has 0 heterocycles. The molecule has 0 amide bonds. The summed E-state index contributed by atoms with van der Waals surface area (Å²) in [5, 5.41) is 3.27. The van der Waals surface area contributed by atoms with E-state index in [4.69, 9.17) is 0 Å². The maximum Gasteiger partial charge on any atom is 0.398 e. The Bertz CT molecular complexity index is 416. The van der Waals surface area contributed by atoms with Gasteiger partial charge in [0.1, 0.15) is 0 Å². The highest BCUT2D eigenvalue weighted by molar-refractivity contribution is 7.99. The highest BCUT2D eigenvalue weighted by Gasteiger charge is 2.37. The van der Waals surface area contributed by atoms with E-state index in [0.717, 1.165) is 18.2 Å². The van der Waals surface area contributed by atoms with Crippen molar-refractivity contribution in [3.8, 4) is 0 Å². The van der Waals surface area contributed by atoms with Crippen LogP contribution in [0.3, 0.4) is 0 Å². The van der Waals surface area contributed by atoms with E-state index < -0.39 is 11.9 Å². The number of halogens is 3. The van der Waals surface area contributed by atoms with Gasteiger partial charge in [-0.2, -0.15) is 13.2 Å². The fourth-order valence-electron chi connectivity index (χ4n) is 2.58. The highest BCUT2D eigenvalue weighted by Crippen LogP contribution is 2.42. The van der Waals surface area contributed by atoms with Crippen LogP contribution in [-0.2, 0) is 0 Å².